The lowest BCUT2D eigenvalue weighted by Gasteiger charge is -2.39. The van der Waals surface area contributed by atoms with Gasteiger partial charge in [-0.3, -0.25) is 0 Å². The highest BCUT2D eigenvalue weighted by Crippen LogP contribution is 2.31. The Hall–Kier alpha value is -0.600. The van der Waals surface area contributed by atoms with Crippen molar-refractivity contribution < 1.29 is 4.39 Å². The molecule has 15 heavy (non-hydrogen) atoms. The molecule has 1 aliphatic carbocycles. The van der Waals surface area contributed by atoms with Crippen LogP contribution in [0, 0.1) is 5.82 Å². The van der Waals surface area contributed by atoms with Gasteiger partial charge in [0.15, 0.2) is 0 Å². The number of hydrogen-bond donors (Lipinski definition) is 1. The highest BCUT2D eigenvalue weighted by atomic mass is 35.5. The second-order valence-electron chi connectivity index (χ2n) is 4.50. The third kappa shape index (κ3) is 2.50. The van der Waals surface area contributed by atoms with Crippen LogP contribution in [0.15, 0.2) is 18.2 Å². The quantitative estimate of drug-likeness (QED) is 0.833. The molecule has 0 spiro atoms. The van der Waals surface area contributed by atoms with Crippen molar-refractivity contribution in [3.05, 3.63) is 34.6 Å². The van der Waals surface area contributed by atoms with Crippen LogP contribution in [0.1, 0.15) is 31.7 Å². The first-order valence-corrected chi connectivity index (χ1v) is 5.66. The Kier molecular flexibility index (Phi) is 2.98. The maximum atomic E-state index is 13.0. The zero-order valence-corrected chi connectivity index (χ0v) is 9.57. The Bertz CT molecular complexity index is 361. The summed E-state index contributed by atoms with van der Waals surface area (Å²) in [6.45, 7) is 2.84. The van der Waals surface area contributed by atoms with Gasteiger partial charge >= 0.3 is 0 Å². The Morgan fingerprint density at radius 1 is 1.47 bits per heavy atom. The number of rotatable bonds is 3. The minimum Gasteiger partial charge on any atom is -0.307 e. The summed E-state index contributed by atoms with van der Waals surface area (Å²) in [6, 6.07) is 4.49. The van der Waals surface area contributed by atoms with Gasteiger partial charge in [-0.25, -0.2) is 4.39 Å². The van der Waals surface area contributed by atoms with Gasteiger partial charge in [0.1, 0.15) is 5.82 Å². The Labute approximate surface area is 94.6 Å². The van der Waals surface area contributed by atoms with Gasteiger partial charge in [-0.15, -0.1) is 0 Å². The molecule has 0 unspecified atom stereocenters. The average Bonchev–Trinajstić information content (AvgIpc) is 2.17. The lowest BCUT2D eigenvalue weighted by Crippen LogP contribution is -2.47. The van der Waals surface area contributed by atoms with Gasteiger partial charge in [0.05, 0.1) is 0 Å². The summed E-state index contributed by atoms with van der Waals surface area (Å²) < 4.78 is 13.0. The van der Waals surface area contributed by atoms with E-state index in [1.807, 2.05) is 0 Å². The molecule has 1 aromatic rings. The van der Waals surface area contributed by atoms with E-state index in [1.54, 1.807) is 6.07 Å². The second-order valence-corrected chi connectivity index (χ2v) is 4.91. The van der Waals surface area contributed by atoms with Gasteiger partial charge in [0.25, 0.3) is 0 Å². The van der Waals surface area contributed by atoms with E-state index in [0.29, 0.717) is 11.6 Å². The predicted octanol–water partition coefficient (Wildman–Crippen LogP) is 3.51. The van der Waals surface area contributed by atoms with Crippen molar-refractivity contribution in [1.29, 1.82) is 0 Å². The molecule has 0 atom stereocenters. The molecular weight excluding hydrogens is 213 g/mol. The van der Waals surface area contributed by atoms with Gasteiger partial charge in [0, 0.05) is 17.1 Å². The van der Waals surface area contributed by atoms with E-state index in [0.717, 1.165) is 5.56 Å². The normalized spacial score (nSPS) is 18.6. The third-order valence-corrected chi connectivity index (χ3v) is 3.54. The van der Waals surface area contributed by atoms with Crippen LogP contribution in [0.25, 0.3) is 0 Å². The maximum absolute atomic E-state index is 13.0. The molecule has 1 aliphatic rings. The topological polar surface area (TPSA) is 12.0 Å². The van der Waals surface area contributed by atoms with E-state index < -0.39 is 0 Å². The molecule has 0 radical (unpaired) electrons. The molecule has 82 valence electrons. The monoisotopic (exact) mass is 227 g/mol. The summed E-state index contributed by atoms with van der Waals surface area (Å²) in [5.74, 6) is -0.227. The van der Waals surface area contributed by atoms with Crippen molar-refractivity contribution in [3.8, 4) is 0 Å². The first kappa shape index (κ1) is 10.9. The Balaban J connectivity index is 2.01. The van der Waals surface area contributed by atoms with Gasteiger partial charge in [-0.2, -0.15) is 0 Å². The molecule has 1 saturated carbocycles. The summed E-state index contributed by atoms with van der Waals surface area (Å²) in [6.07, 6.45) is 3.67. The number of nitrogens with one attached hydrogen (secondary N) is 1. The molecular formula is C12H15ClFN. The average molecular weight is 228 g/mol. The molecule has 1 N–H and O–H groups in total. The van der Waals surface area contributed by atoms with Crippen molar-refractivity contribution in [2.75, 3.05) is 0 Å². The molecule has 0 saturated heterocycles. The summed E-state index contributed by atoms with van der Waals surface area (Å²) >= 11 is 5.98. The Morgan fingerprint density at radius 2 is 2.20 bits per heavy atom. The molecule has 1 aromatic carbocycles. The fraction of sp³-hybridized carbons (Fsp3) is 0.500. The smallest absolute Gasteiger partial charge is 0.123 e. The summed E-state index contributed by atoms with van der Waals surface area (Å²) in [7, 11) is 0. The highest BCUT2D eigenvalue weighted by Gasteiger charge is 2.30. The maximum Gasteiger partial charge on any atom is 0.123 e. The standard InChI is InChI=1S/C12H15ClFN/c1-12(5-2-6-12)15-8-9-7-10(14)3-4-11(9)13/h3-4,7,15H,2,5-6,8H2,1H3. The van der Waals surface area contributed by atoms with Crippen molar-refractivity contribution in [2.45, 2.75) is 38.3 Å². The van der Waals surface area contributed by atoms with E-state index in [9.17, 15) is 4.39 Å². The van der Waals surface area contributed by atoms with E-state index in [2.05, 4.69) is 12.2 Å². The number of benzene rings is 1. The largest absolute Gasteiger partial charge is 0.307 e. The molecule has 2 rings (SSSR count). The summed E-state index contributed by atoms with van der Waals surface area (Å²) in [5, 5.41) is 4.06. The van der Waals surface area contributed by atoms with E-state index in [4.69, 9.17) is 11.6 Å². The molecule has 0 bridgehead atoms. The molecule has 0 amide bonds. The zero-order valence-electron chi connectivity index (χ0n) is 8.82. The fourth-order valence-electron chi connectivity index (χ4n) is 1.87. The minimum atomic E-state index is -0.227. The Morgan fingerprint density at radius 3 is 2.80 bits per heavy atom. The van der Waals surface area contributed by atoms with Crippen LogP contribution in [0.5, 0.6) is 0 Å². The van der Waals surface area contributed by atoms with Gasteiger partial charge in [0.2, 0.25) is 0 Å². The summed E-state index contributed by atoms with van der Waals surface area (Å²) in [5.41, 5.74) is 1.07. The molecule has 0 aromatic heterocycles. The summed E-state index contributed by atoms with van der Waals surface area (Å²) in [4.78, 5) is 0. The van der Waals surface area contributed by atoms with E-state index in [1.165, 1.54) is 31.4 Å². The van der Waals surface area contributed by atoms with Crippen LogP contribution in [-0.4, -0.2) is 5.54 Å². The van der Waals surface area contributed by atoms with Crippen LogP contribution in [-0.2, 0) is 6.54 Å². The number of hydrogen-bond acceptors (Lipinski definition) is 1. The highest BCUT2D eigenvalue weighted by molar-refractivity contribution is 6.31. The van der Waals surface area contributed by atoms with Crippen molar-refractivity contribution in [3.63, 3.8) is 0 Å². The molecule has 0 aliphatic heterocycles. The molecule has 3 heteroatoms. The van der Waals surface area contributed by atoms with Crippen LogP contribution in [0.2, 0.25) is 5.02 Å². The van der Waals surface area contributed by atoms with Crippen LogP contribution in [0.3, 0.4) is 0 Å². The van der Waals surface area contributed by atoms with E-state index in [-0.39, 0.29) is 11.4 Å². The van der Waals surface area contributed by atoms with Gasteiger partial charge < -0.3 is 5.32 Å². The van der Waals surface area contributed by atoms with Crippen molar-refractivity contribution in [1.82, 2.24) is 5.32 Å². The number of halogens is 2. The van der Waals surface area contributed by atoms with E-state index >= 15 is 0 Å². The minimum absolute atomic E-state index is 0.227. The fourth-order valence-corrected chi connectivity index (χ4v) is 2.06. The third-order valence-electron chi connectivity index (χ3n) is 3.17. The van der Waals surface area contributed by atoms with Crippen molar-refractivity contribution in [2.24, 2.45) is 0 Å². The lowest BCUT2D eigenvalue weighted by atomic mass is 9.78. The molecule has 1 nitrogen and oxygen atoms in total. The van der Waals surface area contributed by atoms with Crippen LogP contribution >= 0.6 is 11.6 Å². The zero-order chi connectivity index (χ0) is 10.9. The SMILES string of the molecule is CC1(NCc2cc(F)ccc2Cl)CCC1. The second kappa shape index (κ2) is 4.11. The first-order chi connectivity index (χ1) is 7.09. The lowest BCUT2D eigenvalue weighted by molar-refractivity contribution is 0.207. The van der Waals surface area contributed by atoms with Gasteiger partial charge in [-0.1, -0.05) is 11.6 Å². The molecule has 1 fully saturated rings. The van der Waals surface area contributed by atoms with Gasteiger partial charge in [-0.05, 0) is 49.9 Å². The van der Waals surface area contributed by atoms with Crippen molar-refractivity contribution >= 4 is 11.6 Å². The van der Waals surface area contributed by atoms with Crippen LogP contribution in [0.4, 0.5) is 4.39 Å². The van der Waals surface area contributed by atoms with Crippen LogP contribution < -0.4 is 5.32 Å². The molecule has 0 heterocycles. The predicted molar refractivity (Wildman–Crippen MR) is 60.5 cm³/mol. The first-order valence-electron chi connectivity index (χ1n) is 5.28.